The lowest BCUT2D eigenvalue weighted by Gasteiger charge is -2.33. The summed E-state index contributed by atoms with van der Waals surface area (Å²) in [7, 11) is 0. The highest BCUT2D eigenvalue weighted by Crippen LogP contribution is 2.64. The molecule has 0 spiro atoms. The largest absolute Gasteiger partial charge is 0.396 e. The van der Waals surface area contributed by atoms with Crippen LogP contribution < -0.4 is 11.5 Å². The number of rotatable bonds is 2. The molecule has 5 rings (SSSR count). The van der Waals surface area contributed by atoms with Gasteiger partial charge in [0.25, 0.3) is 0 Å². The highest BCUT2D eigenvalue weighted by molar-refractivity contribution is 5.82. The van der Waals surface area contributed by atoms with Crippen LogP contribution in [0.1, 0.15) is 18.9 Å². The van der Waals surface area contributed by atoms with Gasteiger partial charge in [-0.15, -0.1) is 0 Å². The molecule has 0 amide bonds. The first kappa shape index (κ1) is 12.6. The van der Waals surface area contributed by atoms with Crippen molar-refractivity contribution in [2.75, 3.05) is 24.7 Å². The Morgan fingerprint density at radius 2 is 2.27 bits per heavy atom. The second kappa shape index (κ2) is 3.88. The summed E-state index contributed by atoms with van der Waals surface area (Å²) in [6.45, 7) is 0.863. The number of anilines is 2. The summed E-state index contributed by atoms with van der Waals surface area (Å²) in [5, 5.41) is 9.77. The maximum absolute atomic E-state index is 9.77. The van der Waals surface area contributed by atoms with Crippen LogP contribution in [0.15, 0.2) is 6.33 Å². The lowest BCUT2D eigenvalue weighted by Crippen LogP contribution is -2.37. The van der Waals surface area contributed by atoms with Crippen molar-refractivity contribution < 1.29 is 9.84 Å². The molecule has 22 heavy (non-hydrogen) atoms. The van der Waals surface area contributed by atoms with Crippen LogP contribution in [0.3, 0.4) is 0 Å². The number of nitrogens with two attached hydrogens (primary N) is 2. The molecule has 2 aromatic rings. The second-order valence-electron chi connectivity index (χ2n) is 6.88. The first-order valence-electron chi connectivity index (χ1n) is 7.61. The fourth-order valence-corrected chi connectivity index (χ4v) is 5.01. The molecule has 2 aromatic heterocycles. The molecule has 1 aliphatic heterocycles. The normalized spacial score (nSPS) is 39.1. The summed E-state index contributed by atoms with van der Waals surface area (Å²) in [6, 6.07) is 0.186. The zero-order chi connectivity index (χ0) is 15.1. The molecule has 8 nitrogen and oxygen atoms in total. The molecular formula is C14H18N6O2. The van der Waals surface area contributed by atoms with Gasteiger partial charge in [-0.2, -0.15) is 9.97 Å². The average Bonchev–Trinajstić information content (AvgIpc) is 3.17. The van der Waals surface area contributed by atoms with E-state index >= 15 is 0 Å². The van der Waals surface area contributed by atoms with Crippen molar-refractivity contribution in [2.24, 2.45) is 17.3 Å². The number of hydrogen-bond acceptors (Lipinski definition) is 7. The lowest BCUT2D eigenvalue weighted by atomic mass is 9.74. The van der Waals surface area contributed by atoms with Crippen molar-refractivity contribution in [3.05, 3.63) is 6.33 Å². The van der Waals surface area contributed by atoms with Crippen molar-refractivity contribution in [3.8, 4) is 0 Å². The van der Waals surface area contributed by atoms with Gasteiger partial charge in [-0.05, 0) is 24.7 Å². The predicted octanol–water partition coefficient (Wildman–Crippen LogP) is -0.0509. The van der Waals surface area contributed by atoms with E-state index in [-0.39, 0.29) is 30.1 Å². The number of imidazole rings is 1. The molecule has 5 N–H and O–H groups in total. The van der Waals surface area contributed by atoms with Gasteiger partial charge in [0, 0.05) is 5.41 Å². The van der Waals surface area contributed by atoms with E-state index in [0.29, 0.717) is 35.4 Å². The summed E-state index contributed by atoms with van der Waals surface area (Å²) >= 11 is 0. The average molecular weight is 302 g/mol. The Morgan fingerprint density at radius 1 is 1.41 bits per heavy atom. The predicted molar refractivity (Wildman–Crippen MR) is 78.7 cm³/mol. The number of aliphatic hydroxyl groups is 1. The van der Waals surface area contributed by atoms with Crippen molar-refractivity contribution >= 4 is 22.9 Å². The van der Waals surface area contributed by atoms with E-state index < -0.39 is 0 Å². The Balaban J connectivity index is 1.63. The summed E-state index contributed by atoms with van der Waals surface area (Å²) in [4.78, 5) is 12.7. The first-order valence-corrected chi connectivity index (χ1v) is 7.61. The van der Waals surface area contributed by atoms with E-state index in [1.54, 1.807) is 6.33 Å². The molecule has 3 aliphatic rings. The maximum Gasteiger partial charge on any atom is 0.224 e. The standard InChI is InChI=1S/C14H18N6O2/c15-11-8-12(19-13(16)18-11)20(5-17-8)9-6-1-7-10(9)22-4-14(7,2-6)3-21/h5-7,9-10,21H,1-4H2,(H4,15,16,18,19)/t6-,7-,9+,10-,14-/m1/s1. The van der Waals surface area contributed by atoms with E-state index in [2.05, 4.69) is 15.0 Å². The van der Waals surface area contributed by atoms with Gasteiger partial charge >= 0.3 is 0 Å². The highest BCUT2D eigenvalue weighted by Gasteiger charge is 2.65. The van der Waals surface area contributed by atoms with E-state index in [4.69, 9.17) is 16.2 Å². The zero-order valence-electron chi connectivity index (χ0n) is 12.0. The first-order chi connectivity index (χ1) is 10.6. The minimum atomic E-state index is -0.0325. The van der Waals surface area contributed by atoms with Gasteiger partial charge in [0.15, 0.2) is 11.5 Å². The van der Waals surface area contributed by atoms with Gasteiger partial charge in [0.1, 0.15) is 5.52 Å². The molecule has 2 aliphatic carbocycles. The number of hydrogen-bond donors (Lipinski definition) is 3. The number of ether oxygens (including phenoxy) is 1. The molecule has 0 aromatic carbocycles. The number of fused-ring (bicyclic) bond motifs is 2. The minimum Gasteiger partial charge on any atom is -0.396 e. The molecule has 3 fully saturated rings. The van der Waals surface area contributed by atoms with E-state index in [1.165, 1.54) is 0 Å². The third-order valence-electron chi connectivity index (χ3n) is 5.89. The number of aromatic nitrogens is 4. The fourth-order valence-electron chi connectivity index (χ4n) is 5.01. The van der Waals surface area contributed by atoms with Crippen LogP contribution in [0.5, 0.6) is 0 Å². The van der Waals surface area contributed by atoms with Crippen molar-refractivity contribution in [1.82, 2.24) is 19.5 Å². The van der Waals surface area contributed by atoms with Crippen LogP contribution in [-0.4, -0.2) is 43.9 Å². The topological polar surface area (TPSA) is 125 Å². The van der Waals surface area contributed by atoms with E-state index in [9.17, 15) is 5.11 Å². The number of nitrogen functional groups attached to an aromatic ring is 2. The van der Waals surface area contributed by atoms with Gasteiger partial charge < -0.3 is 25.9 Å². The maximum atomic E-state index is 9.77. The Hall–Kier alpha value is -1.93. The van der Waals surface area contributed by atoms with Crippen molar-refractivity contribution in [2.45, 2.75) is 25.0 Å². The molecule has 8 heteroatoms. The van der Waals surface area contributed by atoms with Crippen molar-refractivity contribution in [1.29, 1.82) is 0 Å². The third-order valence-corrected chi connectivity index (χ3v) is 5.89. The summed E-state index contributed by atoms with van der Waals surface area (Å²) in [6.07, 6.45) is 3.96. The molecule has 5 atom stereocenters. The molecule has 116 valence electrons. The van der Waals surface area contributed by atoms with Gasteiger partial charge in [0.05, 0.1) is 31.7 Å². The molecule has 2 saturated carbocycles. The monoisotopic (exact) mass is 302 g/mol. The molecule has 3 heterocycles. The van der Waals surface area contributed by atoms with Crippen LogP contribution >= 0.6 is 0 Å². The van der Waals surface area contributed by atoms with Crippen molar-refractivity contribution in [3.63, 3.8) is 0 Å². The summed E-state index contributed by atoms with van der Waals surface area (Å²) in [5.74, 6) is 1.36. The lowest BCUT2D eigenvalue weighted by molar-refractivity contribution is 0.0656. The Labute approximate surface area is 126 Å². The zero-order valence-corrected chi connectivity index (χ0v) is 12.0. The Morgan fingerprint density at radius 3 is 3.09 bits per heavy atom. The number of nitrogens with zero attached hydrogens (tertiary/aromatic N) is 4. The molecular weight excluding hydrogens is 284 g/mol. The second-order valence-corrected chi connectivity index (χ2v) is 6.88. The Kier molecular flexibility index (Phi) is 2.22. The van der Waals surface area contributed by atoms with Crippen LogP contribution in [0, 0.1) is 17.3 Å². The number of aliphatic hydroxyl groups excluding tert-OH is 1. The van der Waals surface area contributed by atoms with Gasteiger partial charge in [-0.1, -0.05) is 0 Å². The highest BCUT2D eigenvalue weighted by atomic mass is 16.5. The molecule has 0 radical (unpaired) electrons. The quantitative estimate of drug-likeness (QED) is 0.710. The fraction of sp³-hybridized carbons (Fsp3) is 0.643. The van der Waals surface area contributed by atoms with Crippen LogP contribution in [0.25, 0.3) is 11.2 Å². The smallest absolute Gasteiger partial charge is 0.224 e. The van der Waals surface area contributed by atoms with E-state index in [1.807, 2.05) is 4.57 Å². The third kappa shape index (κ3) is 1.32. The van der Waals surface area contributed by atoms with Gasteiger partial charge in [-0.25, -0.2) is 4.98 Å². The van der Waals surface area contributed by atoms with E-state index in [0.717, 1.165) is 12.8 Å². The van der Waals surface area contributed by atoms with Gasteiger partial charge in [0.2, 0.25) is 5.95 Å². The van der Waals surface area contributed by atoms with Crippen LogP contribution in [0.4, 0.5) is 11.8 Å². The van der Waals surface area contributed by atoms with Gasteiger partial charge in [-0.3, -0.25) is 0 Å². The summed E-state index contributed by atoms with van der Waals surface area (Å²) < 4.78 is 8.10. The Bertz CT molecular complexity index is 776. The summed E-state index contributed by atoms with van der Waals surface area (Å²) in [5.41, 5.74) is 12.9. The molecule has 0 unspecified atom stereocenters. The SMILES string of the molecule is Nc1nc(N)c2ncn([C@H]3[C@@H]4C[C@@H]5[C@H]3OC[C@]5(CO)C4)c2n1. The minimum absolute atomic E-state index is 0.0325. The molecule has 1 saturated heterocycles. The van der Waals surface area contributed by atoms with Crippen LogP contribution in [0.2, 0.25) is 0 Å². The van der Waals surface area contributed by atoms with Crippen LogP contribution in [-0.2, 0) is 4.74 Å². The molecule has 2 bridgehead atoms.